The van der Waals surface area contributed by atoms with Crippen molar-refractivity contribution in [1.29, 1.82) is 0 Å². The van der Waals surface area contributed by atoms with Gasteiger partial charge in [-0.15, -0.1) is 0 Å². The molecular formula is C18H12N2. The zero-order valence-electron chi connectivity index (χ0n) is 10.8. The van der Waals surface area contributed by atoms with E-state index in [-0.39, 0.29) is 0 Å². The Hall–Kier alpha value is -2.74. The summed E-state index contributed by atoms with van der Waals surface area (Å²) in [7, 11) is 0. The van der Waals surface area contributed by atoms with E-state index in [1.165, 1.54) is 5.56 Å². The zero-order chi connectivity index (χ0) is 13.4. The predicted octanol–water partition coefficient (Wildman–Crippen LogP) is 4.45. The lowest BCUT2D eigenvalue weighted by atomic mass is 10.0. The molecule has 0 atom stereocenters. The van der Waals surface area contributed by atoms with Crippen LogP contribution >= 0.6 is 0 Å². The van der Waals surface area contributed by atoms with E-state index in [9.17, 15) is 0 Å². The van der Waals surface area contributed by atoms with Gasteiger partial charge in [-0.05, 0) is 35.9 Å². The molecule has 2 nitrogen and oxygen atoms in total. The van der Waals surface area contributed by atoms with Crippen molar-refractivity contribution >= 4 is 21.8 Å². The fourth-order valence-electron chi connectivity index (χ4n) is 2.48. The first-order chi connectivity index (χ1) is 9.90. The highest BCUT2D eigenvalue weighted by Crippen LogP contribution is 2.25. The molecule has 4 aromatic rings. The largest absolute Gasteiger partial charge is 0.256 e. The minimum absolute atomic E-state index is 1.02. The topological polar surface area (TPSA) is 25.8 Å². The lowest BCUT2D eigenvalue weighted by molar-refractivity contribution is 1.40. The summed E-state index contributed by atoms with van der Waals surface area (Å²) in [5.41, 5.74) is 4.35. The van der Waals surface area contributed by atoms with Gasteiger partial charge in [0.1, 0.15) is 0 Å². The molecule has 4 rings (SSSR count). The average Bonchev–Trinajstić information content (AvgIpc) is 2.54. The van der Waals surface area contributed by atoms with Gasteiger partial charge in [-0.2, -0.15) is 0 Å². The van der Waals surface area contributed by atoms with Gasteiger partial charge in [0.25, 0.3) is 0 Å². The molecule has 0 saturated heterocycles. The van der Waals surface area contributed by atoms with Gasteiger partial charge in [0, 0.05) is 28.7 Å². The number of pyridine rings is 2. The molecule has 0 N–H and O–H groups in total. The van der Waals surface area contributed by atoms with Crippen LogP contribution < -0.4 is 0 Å². The van der Waals surface area contributed by atoms with E-state index in [1.807, 2.05) is 36.7 Å². The van der Waals surface area contributed by atoms with E-state index < -0.39 is 0 Å². The number of fused-ring (bicyclic) bond motifs is 2. The van der Waals surface area contributed by atoms with Gasteiger partial charge in [-0.25, -0.2) is 0 Å². The summed E-state index contributed by atoms with van der Waals surface area (Å²) in [6, 6.07) is 20.7. The molecule has 94 valence electrons. The number of hydrogen-bond donors (Lipinski definition) is 0. The Kier molecular flexibility index (Phi) is 2.46. The zero-order valence-corrected chi connectivity index (χ0v) is 10.8. The van der Waals surface area contributed by atoms with Crippen molar-refractivity contribution in [1.82, 2.24) is 9.97 Å². The van der Waals surface area contributed by atoms with Crippen molar-refractivity contribution in [3.8, 4) is 11.1 Å². The molecule has 2 aromatic heterocycles. The number of rotatable bonds is 1. The Bertz CT molecular complexity index is 836. The molecule has 0 saturated carbocycles. The molecule has 0 aliphatic rings. The summed E-state index contributed by atoms with van der Waals surface area (Å²) in [4.78, 5) is 8.87. The second kappa shape index (κ2) is 4.42. The number of hydrogen-bond acceptors (Lipinski definition) is 2. The third-order valence-electron chi connectivity index (χ3n) is 3.53. The predicted molar refractivity (Wildman–Crippen MR) is 82.5 cm³/mol. The molecule has 20 heavy (non-hydrogen) atoms. The van der Waals surface area contributed by atoms with Gasteiger partial charge in [-0.1, -0.05) is 30.3 Å². The van der Waals surface area contributed by atoms with E-state index in [1.54, 1.807) is 0 Å². The maximum absolute atomic E-state index is 4.52. The SMILES string of the molecule is c1cnc2ccc(-c3cnc4ccccc4c3)cc2c1. The molecule has 0 radical (unpaired) electrons. The van der Waals surface area contributed by atoms with E-state index in [0.29, 0.717) is 0 Å². The Morgan fingerprint density at radius 2 is 1.35 bits per heavy atom. The maximum atomic E-state index is 4.52. The van der Waals surface area contributed by atoms with Crippen molar-refractivity contribution in [2.75, 3.05) is 0 Å². The van der Waals surface area contributed by atoms with Crippen molar-refractivity contribution in [3.63, 3.8) is 0 Å². The fraction of sp³-hybridized carbons (Fsp3) is 0. The smallest absolute Gasteiger partial charge is 0.0702 e. The second-order valence-electron chi connectivity index (χ2n) is 4.83. The van der Waals surface area contributed by atoms with Crippen molar-refractivity contribution < 1.29 is 0 Å². The molecule has 2 heterocycles. The highest BCUT2D eigenvalue weighted by molar-refractivity contribution is 5.87. The van der Waals surface area contributed by atoms with Gasteiger partial charge >= 0.3 is 0 Å². The van der Waals surface area contributed by atoms with E-state index in [2.05, 4.69) is 46.4 Å². The first-order valence-electron chi connectivity index (χ1n) is 6.60. The maximum Gasteiger partial charge on any atom is 0.0702 e. The van der Waals surface area contributed by atoms with E-state index in [4.69, 9.17) is 0 Å². The van der Waals surface area contributed by atoms with Crippen LogP contribution in [0.15, 0.2) is 73.1 Å². The van der Waals surface area contributed by atoms with Crippen molar-refractivity contribution in [3.05, 3.63) is 73.1 Å². The number of para-hydroxylation sites is 1. The molecular weight excluding hydrogens is 244 g/mol. The molecule has 0 spiro atoms. The standard InChI is InChI=1S/C18H12N2/c1-2-6-17-14(4-1)11-16(12-20-17)13-7-8-18-15(10-13)5-3-9-19-18/h1-12H. The Balaban J connectivity index is 1.91. The molecule has 0 bridgehead atoms. The van der Waals surface area contributed by atoms with Crippen LogP contribution in [-0.2, 0) is 0 Å². The summed E-state index contributed by atoms with van der Waals surface area (Å²) in [6.07, 6.45) is 3.75. The Labute approximate surface area is 116 Å². The van der Waals surface area contributed by atoms with E-state index >= 15 is 0 Å². The van der Waals surface area contributed by atoms with Gasteiger partial charge in [-0.3, -0.25) is 9.97 Å². The third-order valence-corrected chi connectivity index (χ3v) is 3.53. The summed E-state index contributed by atoms with van der Waals surface area (Å²) in [5.74, 6) is 0. The highest BCUT2D eigenvalue weighted by atomic mass is 14.7. The first-order valence-corrected chi connectivity index (χ1v) is 6.60. The molecule has 0 aliphatic heterocycles. The van der Waals surface area contributed by atoms with Crippen LogP contribution in [0.1, 0.15) is 0 Å². The van der Waals surface area contributed by atoms with Crippen molar-refractivity contribution in [2.45, 2.75) is 0 Å². The Morgan fingerprint density at radius 3 is 2.30 bits per heavy atom. The highest BCUT2D eigenvalue weighted by Gasteiger charge is 2.02. The van der Waals surface area contributed by atoms with Crippen LogP contribution in [0.2, 0.25) is 0 Å². The summed E-state index contributed by atoms with van der Waals surface area (Å²) in [5, 5.41) is 2.31. The van der Waals surface area contributed by atoms with Crippen LogP contribution in [0.5, 0.6) is 0 Å². The molecule has 2 heteroatoms. The van der Waals surface area contributed by atoms with Gasteiger partial charge in [0.2, 0.25) is 0 Å². The third kappa shape index (κ3) is 1.82. The van der Waals surface area contributed by atoms with Crippen LogP contribution in [0, 0.1) is 0 Å². The molecule has 2 aromatic carbocycles. The molecule has 0 unspecified atom stereocenters. The summed E-state index contributed by atoms with van der Waals surface area (Å²) < 4.78 is 0. The minimum Gasteiger partial charge on any atom is -0.256 e. The second-order valence-corrected chi connectivity index (χ2v) is 4.83. The summed E-state index contributed by atoms with van der Waals surface area (Å²) in [6.45, 7) is 0. The first kappa shape index (κ1) is 11.1. The summed E-state index contributed by atoms with van der Waals surface area (Å²) >= 11 is 0. The Morgan fingerprint density at radius 1 is 0.600 bits per heavy atom. The quantitative estimate of drug-likeness (QED) is 0.503. The lowest BCUT2D eigenvalue weighted by Gasteiger charge is -2.05. The van der Waals surface area contributed by atoms with Gasteiger partial charge in [0.05, 0.1) is 11.0 Å². The molecule has 0 aliphatic carbocycles. The average molecular weight is 256 g/mol. The molecule has 0 amide bonds. The van der Waals surface area contributed by atoms with Crippen LogP contribution in [0.25, 0.3) is 32.9 Å². The monoisotopic (exact) mass is 256 g/mol. The van der Waals surface area contributed by atoms with Gasteiger partial charge < -0.3 is 0 Å². The van der Waals surface area contributed by atoms with Crippen molar-refractivity contribution in [2.24, 2.45) is 0 Å². The minimum atomic E-state index is 1.02. The van der Waals surface area contributed by atoms with Crippen LogP contribution in [0.4, 0.5) is 0 Å². The van der Waals surface area contributed by atoms with E-state index in [0.717, 1.165) is 27.4 Å². The normalized spacial score (nSPS) is 11.0. The number of aromatic nitrogens is 2. The van der Waals surface area contributed by atoms with Crippen LogP contribution in [0.3, 0.4) is 0 Å². The van der Waals surface area contributed by atoms with Gasteiger partial charge in [0.15, 0.2) is 0 Å². The lowest BCUT2D eigenvalue weighted by Crippen LogP contribution is -1.84. The van der Waals surface area contributed by atoms with Crippen LogP contribution in [-0.4, -0.2) is 9.97 Å². The molecule has 0 fully saturated rings. The number of benzene rings is 2. The fourth-order valence-corrected chi connectivity index (χ4v) is 2.48. The number of nitrogens with zero attached hydrogens (tertiary/aromatic N) is 2.